The maximum Gasteiger partial charge on any atom is 0.270 e. The minimum absolute atomic E-state index is 0.0421. The molecule has 0 radical (unpaired) electrons. The van der Waals surface area contributed by atoms with Crippen molar-refractivity contribution in [2.24, 2.45) is 0 Å². The Labute approximate surface area is 137 Å². The van der Waals surface area contributed by atoms with Crippen molar-refractivity contribution in [3.63, 3.8) is 0 Å². The number of carbonyl (C=O) groups is 1. The van der Waals surface area contributed by atoms with E-state index in [1.807, 2.05) is 5.32 Å². The van der Waals surface area contributed by atoms with Crippen LogP contribution < -0.4 is 5.32 Å². The zero-order valence-electron chi connectivity index (χ0n) is 12.7. The van der Waals surface area contributed by atoms with Crippen molar-refractivity contribution < 1.29 is 31.7 Å². The molecule has 0 saturated carbocycles. The standard InChI is InChI=1S/C15H9F5N2O3/c1-5-3-7(22(24)25)4-6(2)14(5)21-15(23)8-9(16)11(18)13(20)12(19)10(8)17/h3-4H,1-2H3,(H,21,23). The minimum atomic E-state index is -2.38. The minimum Gasteiger partial charge on any atom is -0.321 e. The van der Waals surface area contributed by atoms with E-state index in [9.17, 15) is 36.9 Å². The monoisotopic (exact) mass is 360 g/mol. The summed E-state index contributed by atoms with van der Waals surface area (Å²) in [6.45, 7) is 2.74. The van der Waals surface area contributed by atoms with E-state index in [-0.39, 0.29) is 22.5 Å². The first-order valence-electron chi connectivity index (χ1n) is 6.64. The van der Waals surface area contributed by atoms with Crippen molar-refractivity contribution in [3.05, 3.63) is 68.0 Å². The third-order valence-electron chi connectivity index (χ3n) is 3.40. The van der Waals surface area contributed by atoms with Crippen LogP contribution in [0.3, 0.4) is 0 Å². The van der Waals surface area contributed by atoms with Gasteiger partial charge < -0.3 is 5.32 Å². The number of non-ortho nitro benzene ring substituents is 1. The van der Waals surface area contributed by atoms with Crippen molar-refractivity contribution in [1.82, 2.24) is 0 Å². The summed E-state index contributed by atoms with van der Waals surface area (Å²) in [5.74, 6) is -13.0. The maximum atomic E-state index is 13.7. The van der Waals surface area contributed by atoms with Gasteiger partial charge in [-0.2, -0.15) is 0 Å². The van der Waals surface area contributed by atoms with Gasteiger partial charge in [0.05, 0.1) is 4.92 Å². The Morgan fingerprint density at radius 1 is 0.920 bits per heavy atom. The lowest BCUT2D eigenvalue weighted by Gasteiger charge is -2.13. The summed E-state index contributed by atoms with van der Waals surface area (Å²) in [6, 6.07) is 2.17. The molecule has 1 N–H and O–H groups in total. The average molecular weight is 360 g/mol. The van der Waals surface area contributed by atoms with E-state index in [0.717, 1.165) is 12.1 Å². The molecule has 2 aromatic rings. The molecule has 0 aliphatic rings. The number of nitrogens with zero attached hydrogens (tertiary/aromatic N) is 1. The van der Waals surface area contributed by atoms with Crippen LogP contribution in [-0.2, 0) is 0 Å². The molecule has 0 bridgehead atoms. The molecule has 5 nitrogen and oxygen atoms in total. The molecule has 0 aliphatic heterocycles. The molecule has 10 heteroatoms. The third kappa shape index (κ3) is 3.14. The maximum absolute atomic E-state index is 13.7. The number of benzene rings is 2. The van der Waals surface area contributed by atoms with Gasteiger partial charge in [0.25, 0.3) is 11.6 Å². The summed E-state index contributed by atoms with van der Waals surface area (Å²) < 4.78 is 66.7. The van der Waals surface area contributed by atoms with Gasteiger partial charge in [0, 0.05) is 17.8 Å². The second-order valence-corrected chi connectivity index (χ2v) is 5.11. The van der Waals surface area contributed by atoms with Gasteiger partial charge in [0.1, 0.15) is 5.56 Å². The van der Waals surface area contributed by atoms with Gasteiger partial charge in [0.2, 0.25) is 5.82 Å². The van der Waals surface area contributed by atoms with Gasteiger partial charge in [-0.1, -0.05) is 0 Å². The van der Waals surface area contributed by atoms with Crippen LogP contribution in [-0.4, -0.2) is 10.8 Å². The van der Waals surface area contributed by atoms with Gasteiger partial charge in [-0.3, -0.25) is 14.9 Å². The quantitative estimate of drug-likeness (QED) is 0.294. The Bertz CT molecular complexity index is 863. The largest absolute Gasteiger partial charge is 0.321 e. The van der Waals surface area contributed by atoms with Crippen LogP contribution in [0.25, 0.3) is 0 Å². The zero-order valence-corrected chi connectivity index (χ0v) is 12.7. The number of rotatable bonds is 3. The van der Waals surface area contributed by atoms with Crippen molar-refractivity contribution in [2.75, 3.05) is 5.32 Å². The highest BCUT2D eigenvalue weighted by molar-refractivity contribution is 6.05. The van der Waals surface area contributed by atoms with Gasteiger partial charge in [-0.25, -0.2) is 22.0 Å². The van der Waals surface area contributed by atoms with Crippen molar-refractivity contribution in [2.45, 2.75) is 13.8 Å². The number of amides is 1. The fraction of sp³-hybridized carbons (Fsp3) is 0.133. The Kier molecular flexibility index (Phi) is 4.73. The van der Waals surface area contributed by atoms with Gasteiger partial charge in [0.15, 0.2) is 23.3 Å². The summed E-state index contributed by atoms with van der Waals surface area (Å²) >= 11 is 0. The fourth-order valence-corrected chi connectivity index (χ4v) is 2.22. The molecule has 0 aliphatic carbocycles. The number of nitro groups is 1. The van der Waals surface area contributed by atoms with Crippen LogP contribution in [0.2, 0.25) is 0 Å². The van der Waals surface area contributed by atoms with Crippen molar-refractivity contribution in [3.8, 4) is 0 Å². The number of nitro benzene ring substituents is 1. The summed E-state index contributed by atoms with van der Waals surface area (Å²) in [5, 5.41) is 12.8. The molecule has 1 amide bonds. The van der Waals surface area contributed by atoms with E-state index < -0.39 is 45.5 Å². The highest BCUT2D eigenvalue weighted by Crippen LogP contribution is 2.28. The second-order valence-electron chi connectivity index (χ2n) is 5.11. The molecular weight excluding hydrogens is 351 g/mol. The van der Waals surface area contributed by atoms with Gasteiger partial charge >= 0.3 is 0 Å². The Balaban J connectivity index is 2.51. The van der Waals surface area contributed by atoms with Crippen molar-refractivity contribution >= 4 is 17.3 Å². The van der Waals surface area contributed by atoms with Crippen LogP contribution in [0, 0.1) is 53.0 Å². The molecule has 0 spiro atoms. The lowest BCUT2D eigenvalue weighted by molar-refractivity contribution is -0.384. The lowest BCUT2D eigenvalue weighted by Crippen LogP contribution is -2.20. The summed E-state index contributed by atoms with van der Waals surface area (Å²) in [7, 11) is 0. The molecule has 0 atom stereocenters. The second kappa shape index (κ2) is 6.46. The van der Waals surface area contributed by atoms with E-state index >= 15 is 0 Å². The van der Waals surface area contributed by atoms with E-state index in [1.165, 1.54) is 13.8 Å². The molecule has 0 saturated heterocycles. The number of anilines is 1. The molecule has 0 unspecified atom stereocenters. The fourth-order valence-electron chi connectivity index (χ4n) is 2.22. The number of halogens is 5. The predicted octanol–water partition coefficient (Wildman–Crippen LogP) is 4.16. The number of hydrogen-bond acceptors (Lipinski definition) is 3. The normalized spacial score (nSPS) is 10.7. The molecule has 25 heavy (non-hydrogen) atoms. The molecule has 0 aromatic heterocycles. The molecular formula is C15H9F5N2O3. The van der Waals surface area contributed by atoms with Crippen molar-refractivity contribution in [1.29, 1.82) is 0 Å². The van der Waals surface area contributed by atoms with Gasteiger partial charge in [-0.15, -0.1) is 0 Å². The molecule has 0 heterocycles. The van der Waals surface area contributed by atoms with Gasteiger partial charge in [-0.05, 0) is 25.0 Å². The summed E-state index contributed by atoms with van der Waals surface area (Å²) in [6.07, 6.45) is 0. The molecule has 132 valence electrons. The Morgan fingerprint density at radius 3 is 1.72 bits per heavy atom. The molecule has 0 fully saturated rings. The third-order valence-corrected chi connectivity index (χ3v) is 3.40. The molecule has 2 aromatic carbocycles. The first-order chi connectivity index (χ1) is 11.6. The number of nitrogens with one attached hydrogen (secondary N) is 1. The van der Waals surface area contributed by atoms with Crippen LogP contribution >= 0.6 is 0 Å². The first-order valence-corrected chi connectivity index (χ1v) is 6.64. The number of aryl methyl sites for hydroxylation is 2. The van der Waals surface area contributed by atoms with Crippen LogP contribution in [0.15, 0.2) is 12.1 Å². The Hall–Kier alpha value is -3.04. The van der Waals surface area contributed by atoms with E-state index in [2.05, 4.69) is 0 Å². The Morgan fingerprint density at radius 2 is 1.32 bits per heavy atom. The predicted molar refractivity (Wildman–Crippen MR) is 76.8 cm³/mol. The number of carbonyl (C=O) groups excluding carboxylic acids is 1. The van der Waals surface area contributed by atoms with E-state index in [1.54, 1.807) is 0 Å². The van der Waals surface area contributed by atoms with E-state index in [0.29, 0.717) is 0 Å². The smallest absolute Gasteiger partial charge is 0.270 e. The first kappa shape index (κ1) is 18.3. The highest BCUT2D eigenvalue weighted by atomic mass is 19.2. The summed E-state index contributed by atoms with van der Waals surface area (Å²) in [5.41, 5.74) is -1.63. The van der Waals surface area contributed by atoms with Crippen LogP contribution in [0.4, 0.5) is 33.3 Å². The SMILES string of the molecule is Cc1cc([N+](=O)[O-])cc(C)c1NC(=O)c1c(F)c(F)c(F)c(F)c1F. The zero-order chi connectivity index (χ0) is 19.0. The summed E-state index contributed by atoms with van der Waals surface area (Å²) in [4.78, 5) is 22.1. The topological polar surface area (TPSA) is 72.2 Å². The lowest BCUT2D eigenvalue weighted by atomic mass is 10.1. The average Bonchev–Trinajstić information content (AvgIpc) is 2.54. The molecule has 2 rings (SSSR count). The van der Waals surface area contributed by atoms with Crippen LogP contribution in [0.5, 0.6) is 0 Å². The highest BCUT2D eigenvalue weighted by Gasteiger charge is 2.30. The number of hydrogen-bond donors (Lipinski definition) is 1. The van der Waals surface area contributed by atoms with Crippen LogP contribution in [0.1, 0.15) is 21.5 Å². The van der Waals surface area contributed by atoms with E-state index in [4.69, 9.17) is 0 Å².